The fraction of sp³-hybridized carbons (Fsp3) is 0.522. The molecule has 0 saturated carbocycles. The first-order valence-electron chi connectivity index (χ1n) is 9.85. The van der Waals surface area contributed by atoms with Crippen LogP contribution < -0.4 is 5.32 Å². The van der Waals surface area contributed by atoms with Gasteiger partial charge in [-0.2, -0.15) is 0 Å². The van der Waals surface area contributed by atoms with Crippen LogP contribution in [0.25, 0.3) is 0 Å². The molecule has 0 spiro atoms. The Kier molecular flexibility index (Phi) is 12.3. The normalized spacial score (nSPS) is 10.9. The lowest BCUT2D eigenvalue weighted by Gasteiger charge is -2.06. The first kappa shape index (κ1) is 21.2. The number of Topliss-reactive ketones (excluding diaryl/α,β-unsaturated/α-hetero) is 1. The molecule has 0 heterocycles. The number of carbonyl (C=O) groups excluding carboxylic acids is 1. The molecule has 2 nitrogen and oxygen atoms in total. The minimum absolute atomic E-state index is 0.114. The van der Waals surface area contributed by atoms with Gasteiger partial charge in [0.25, 0.3) is 0 Å². The van der Waals surface area contributed by atoms with Crippen LogP contribution in [0.2, 0.25) is 0 Å². The summed E-state index contributed by atoms with van der Waals surface area (Å²) in [6, 6.07) is 7.73. The molecule has 0 atom stereocenters. The Bertz CT molecular complexity index is 519. The van der Waals surface area contributed by atoms with Crippen LogP contribution in [0, 0.1) is 0 Å². The molecule has 1 rings (SSSR count). The molecule has 1 N–H and O–H groups in total. The van der Waals surface area contributed by atoms with Crippen LogP contribution in [0.1, 0.15) is 81.5 Å². The largest absolute Gasteiger partial charge is 0.385 e. The van der Waals surface area contributed by atoms with E-state index in [0.29, 0.717) is 0 Å². The van der Waals surface area contributed by atoms with Crippen molar-refractivity contribution >= 4 is 11.5 Å². The first-order chi connectivity index (χ1) is 12.2. The number of nitrogens with one attached hydrogen (secondary N) is 1. The van der Waals surface area contributed by atoms with Crippen LogP contribution in [0.3, 0.4) is 0 Å². The molecule has 0 saturated heterocycles. The third kappa shape index (κ3) is 11.4. The van der Waals surface area contributed by atoms with E-state index in [1.165, 1.54) is 51.4 Å². The number of ketones is 1. The van der Waals surface area contributed by atoms with Gasteiger partial charge in [0, 0.05) is 17.8 Å². The summed E-state index contributed by atoms with van der Waals surface area (Å²) in [6.45, 7) is 6.30. The number of hydrogen-bond acceptors (Lipinski definition) is 2. The smallest absolute Gasteiger partial charge is 0.159 e. The molecule has 25 heavy (non-hydrogen) atoms. The average molecular weight is 342 g/mol. The lowest BCUT2D eigenvalue weighted by atomic mass is 10.1. The number of unbranched alkanes of at least 4 members (excludes halogenated alkanes) is 8. The third-order valence-electron chi connectivity index (χ3n) is 4.34. The molecule has 2 heteroatoms. The number of rotatable bonds is 15. The van der Waals surface area contributed by atoms with Crippen LogP contribution in [0.4, 0.5) is 5.69 Å². The minimum atomic E-state index is 0.114. The molecular weight excluding hydrogens is 306 g/mol. The van der Waals surface area contributed by atoms with E-state index in [4.69, 9.17) is 0 Å². The summed E-state index contributed by atoms with van der Waals surface area (Å²) in [5, 5.41) is 3.39. The molecule has 0 aliphatic heterocycles. The second kappa shape index (κ2) is 14.5. The summed E-state index contributed by atoms with van der Waals surface area (Å²) >= 11 is 0. The maximum atomic E-state index is 11.4. The molecule has 0 amide bonds. The Hall–Kier alpha value is -1.83. The molecule has 0 fully saturated rings. The Labute approximate surface area is 154 Å². The van der Waals surface area contributed by atoms with E-state index in [0.717, 1.165) is 30.6 Å². The maximum absolute atomic E-state index is 11.4. The highest BCUT2D eigenvalue weighted by atomic mass is 16.1. The summed E-state index contributed by atoms with van der Waals surface area (Å²) in [5.41, 5.74) is 1.80. The van der Waals surface area contributed by atoms with E-state index in [1.54, 1.807) is 6.92 Å². The van der Waals surface area contributed by atoms with Gasteiger partial charge < -0.3 is 5.32 Å². The van der Waals surface area contributed by atoms with Crippen LogP contribution in [0.15, 0.2) is 49.1 Å². The van der Waals surface area contributed by atoms with Crippen molar-refractivity contribution in [1.82, 2.24) is 0 Å². The number of anilines is 1. The number of carbonyl (C=O) groups is 1. The van der Waals surface area contributed by atoms with Gasteiger partial charge >= 0.3 is 0 Å². The zero-order chi connectivity index (χ0) is 18.2. The zero-order valence-electron chi connectivity index (χ0n) is 15.9. The number of allylic oxidation sites excluding steroid dienone is 3. The summed E-state index contributed by atoms with van der Waals surface area (Å²) < 4.78 is 0. The predicted molar refractivity (Wildman–Crippen MR) is 110 cm³/mol. The highest BCUT2D eigenvalue weighted by Gasteiger charge is 1.99. The zero-order valence-corrected chi connectivity index (χ0v) is 15.9. The standard InChI is InChI=1S/C23H35NO/c1-3-4-5-6-7-8-9-10-11-12-13-14-15-19-24-23-18-16-17-22(20-23)21(2)25/h3,12-13,16-18,20,24H,1,4-11,14-15,19H2,2H3/b13-12+. The Morgan fingerprint density at radius 3 is 2.28 bits per heavy atom. The van der Waals surface area contributed by atoms with Gasteiger partial charge in [0.2, 0.25) is 0 Å². The van der Waals surface area contributed by atoms with Crippen LogP contribution in [-0.4, -0.2) is 12.3 Å². The van der Waals surface area contributed by atoms with Gasteiger partial charge in [-0.3, -0.25) is 4.79 Å². The van der Waals surface area contributed by atoms with Crippen molar-refractivity contribution in [2.45, 2.75) is 71.1 Å². The van der Waals surface area contributed by atoms with E-state index >= 15 is 0 Å². The lowest BCUT2D eigenvalue weighted by molar-refractivity contribution is 0.101. The first-order valence-corrected chi connectivity index (χ1v) is 9.85. The molecule has 0 radical (unpaired) electrons. The van der Waals surface area contributed by atoms with Gasteiger partial charge in [-0.1, -0.05) is 56.0 Å². The fourth-order valence-electron chi connectivity index (χ4n) is 2.79. The SMILES string of the molecule is C=CCCCCCCCC/C=C/CCCNc1cccc(C(C)=O)c1. The van der Waals surface area contributed by atoms with Gasteiger partial charge in [0.05, 0.1) is 0 Å². The van der Waals surface area contributed by atoms with Crippen molar-refractivity contribution in [3.63, 3.8) is 0 Å². The van der Waals surface area contributed by atoms with E-state index in [2.05, 4.69) is 24.0 Å². The highest BCUT2D eigenvalue weighted by Crippen LogP contribution is 2.12. The highest BCUT2D eigenvalue weighted by molar-refractivity contribution is 5.94. The summed E-state index contributed by atoms with van der Waals surface area (Å²) in [7, 11) is 0. The van der Waals surface area contributed by atoms with Crippen molar-refractivity contribution in [1.29, 1.82) is 0 Å². The number of hydrogen-bond donors (Lipinski definition) is 1. The quantitative estimate of drug-likeness (QED) is 0.212. The molecule has 0 aliphatic rings. The van der Waals surface area contributed by atoms with Crippen molar-refractivity contribution in [3.05, 3.63) is 54.6 Å². The fourth-order valence-corrected chi connectivity index (χ4v) is 2.79. The topological polar surface area (TPSA) is 29.1 Å². The summed E-state index contributed by atoms with van der Waals surface area (Å²) in [4.78, 5) is 11.4. The lowest BCUT2D eigenvalue weighted by Crippen LogP contribution is -2.02. The van der Waals surface area contributed by atoms with Crippen molar-refractivity contribution in [2.24, 2.45) is 0 Å². The minimum Gasteiger partial charge on any atom is -0.385 e. The van der Waals surface area contributed by atoms with Crippen LogP contribution >= 0.6 is 0 Å². The number of benzene rings is 1. The molecule has 138 valence electrons. The summed E-state index contributed by atoms with van der Waals surface area (Å²) in [6.07, 6.45) is 19.3. The van der Waals surface area contributed by atoms with Gasteiger partial charge in [-0.15, -0.1) is 6.58 Å². The van der Waals surface area contributed by atoms with Crippen molar-refractivity contribution in [3.8, 4) is 0 Å². The molecule has 0 bridgehead atoms. The molecule has 1 aromatic carbocycles. The monoisotopic (exact) mass is 341 g/mol. The van der Waals surface area contributed by atoms with E-state index in [-0.39, 0.29) is 5.78 Å². The van der Waals surface area contributed by atoms with Gasteiger partial charge in [0.15, 0.2) is 5.78 Å². The second-order valence-electron chi connectivity index (χ2n) is 6.66. The Morgan fingerprint density at radius 1 is 0.960 bits per heavy atom. The van der Waals surface area contributed by atoms with Crippen LogP contribution in [0.5, 0.6) is 0 Å². The average Bonchev–Trinajstić information content (AvgIpc) is 2.62. The van der Waals surface area contributed by atoms with Gasteiger partial charge in [-0.25, -0.2) is 0 Å². The molecule has 1 aromatic rings. The van der Waals surface area contributed by atoms with Crippen molar-refractivity contribution in [2.75, 3.05) is 11.9 Å². The van der Waals surface area contributed by atoms with E-state index in [9.17, 15) is 4.79 Å². The Balaban J connectivity index is 1.96. The van der Waals surface area contributed by atoms with Crippen LogP contribution in [-0.2, 0) is 0 Å². The molecule has 0 aliphatic carbocycles. The predicted octanol–water partition coefficient (Wildman–Crippen LogP) is 6.94. The molecule has 0 unspecified atom stereocenters. The van der Waals surface area contributed by atoms with E-state index < -0.39 is 0 Å². The Morgan fingerprint density at radius 2 is 1.60 bits per heavy atom. The van der Waals surface area contributed by atoms with E-state index in [1.807, 2.05) is 30.3 Å². The van der Waals surface area contributed by atoms with Gasteiger partial charge in [0.1, 0.15) is 0 Å². The molecule has 0 aromatic heterocycles. The second-order valence-corrected chi connectivity index (χ2v) is 6.66. The third-order valence-corrected chi connectivity index (χ3v) is 4.34. The van der Waals surface area contributed by atoms with Gasteiger partial charge in [-0.05, 0) is 57.6 Å². The summed E-state index contributed by atoms with van der Waals surface area (Å²) in [5.74, 6) is 0.114. The maximum Gasteiger partial charge on any atom is 0.159 e. The molecular formula is C23H35NO. The van der Waals surface area contributed by atoms with Crippen molar-refractivity contribution < 1.29 is 4.79 Å².